The first-order valence-electron chi connectivity index (χ1n) is 7.63. The predicted octanol–water partition coefficient (Wildman–Crippen LogP) is 2.66. The van der Waals surface area contributed by atoms with Gasteiger partial charge in [0.1, 0.15) is 12.2 Å². The van der Waals surface area contributed by atoms with E-state index in [0.29, 0.717) is 5.92 Å². The summed E-state index contributed by atoms with van der Waals surface area (Å²) in [5, 5.41) is 4.29. The summed E-state index contributed by atoms with van der Waals surface area (Å²) in [6, 6.07) is 6.69. The van der Waals surface area contributed by atoms with Crippen LogP contribution in [0.15, 0.2) is 24.5 Å². The Balaban J connectivity index is 2.01. The van der Waals surface area contributed by atoms with Crippen LogP contribution in [0.2, 0.25) is 0 Å². The number of rotatable bonds is 6. The molecule has 1 aromatic heterocycles. The lowest BCUT2D eigenvalue weighted by atomic mass is 10.00. The second kappa shape index (κ2) is 6.85. The van der Waals surface area contributed by atoms with E-state index in [2.05, 4.69) is 56.0 Å². The van der Waals surface area contributed by atoms with Gasteiger partial charge in [-0.3, -0.25) is 0 Å². The highest BCUT2D eigenvalue weighted by molar-refractivity contribution is 5.29. The Kier molecular flexibility index (Phi) is 5.12. The van der Waals surface area contributed by atoms with Gasteiger partial charge in [-0.25, -0.2) is 9.67 Å². The first-order chi connectivity index (χ1) is 9.94. The van der Waals surface area contributed by atoms with Crippen molar-refractivity contribution < 1.29 is 0 Å². The molecule has 0 aliphatic carbocycles. The average molecular weight is 286 g/mol. The van der Waals surface area contributed by atoms with Crippen LogP contribution in [0.4, 0.5) is 0 Å². The monoisotopic (exact) mass is 286 g/mol. The molecule has 2 N–H and O–H groups in total. The van der Waals surface area contributed by atoms with Crippen molar-refractivity contribution in [3.8, 4) is 0 Å². The molecule has 0 aliphatic heterocycles. The standard InChI is InChI=1S/C17H26N4/c1-12(2)10-21-17(19-11-20-21)9-16(18)8-15-6-13(3)5-14(4)7-15/h5-7,11-12,16H,8-10,18H2,1-4H3. The van der Waals surface area contributed by atoms with Crippen molar-refractivity contribution in [2.24, 2.45) is 11.7 Å². The third-order valence-corrected chi connectivity index (χ3v) is 3.46. The molecule has 0 saturated carbocycles. The van der Waals surface area contributed by atoms with Crippen LogP contribution in [0.3, 0.4) is 0 Å². The van der Waals surface area contributed by atoms with Gasteiger partial charge in [0.2, 0.25) is 0 Å². The molecule has 2 rings (SSSR count). The van der Waals surface area contributed by atoms with Crippen molar-refractivity contribution in [1.82, 2.24) is 14.8 Å². The zero-order valence-electron chi connectivity index (χ0n) is 13.5. The molecular weight excluding hydrogens is 260 g/mol. The highest BCUT2D eigenvalue weighted by Gasteiger charge is 2.12. The Morgan fingerprint density at radius 2 is 1.76 bits per heavy atom. The smallest absolute Gasteiger partial charge is 0.138 e. The van der Waals surface area contributed by atoms with Gasteiger partial charge >= 0.3 is 0 Å². The molecule has 0 amide bonds. The largest absolute Gasteiger partial charge is 0.327 e. The minimum Gasteiger partial charge on any atom is -0.327 e. The van der Waals surface area contributed by atoms with Crippen molar-refractivity contribution in [3.63, 3.8) is 0 Å². The van der Waals surface area contributed by atoms with Gasteiger partial charge in [0, 0.05) is 19.0 Å². The van der Waals surface area contributed by atoms with E-state index in [1.807, 2.05) is 4.68 Å². The van der Waals surface area contributed by atoms with E-state index in [1.54, 1.807) is 6.33 Å². The maximum absolute atomic E-state index is 6.32. The Labute approximate surface area is 127 Å². The van der Waals surface area contributed by atoms with Gasteiger partial charge in [0.25, 0.3) is 0 Å². The van der Waals surface area contributed by atoms with Crippen LogP contribution >= 0.6 is 0 Å². The summed E-state index contributed by atoms with van der Waals surface area (Å²) in [7, 11) is 0. The lowest BCUT2D eigenvalue weighted by Gasteiger charge is -2.14. The van der Waals surface area contributed by atoms with E-state index in [4.69, 9.17) is 5.73 Å². The molecule has 0 saturated heterocycles. The van der Waals surface area contributed by atoms with Crippen LogP contribution in [0.25, 0.3) is 0 Å². The minimum atomic E-state index is 0.0707. The molecule has 0 fully saturated rings. The summed E-state index contributed by atoms with van der Waals surface area (Å²) in [5.74, 6) is 1.54. The second-order valence-electron chi connectivity index (χ2n) is 6.42. The van der Waals surface area contributed by atoms with Crippen LogP contribution < -0.4 is 5.73 Å². The number of hydrogen-bond donors (Lipinski definition) is 1. The molecule has 0 bridgehead atoms. The second-order valence-corrected chi connectivity index (χ2v) is 6.42. The third kappa shape index (κ3) is 4.67. The van der Waals surface area contributed by atoms with Crippen LogP contribution in [0.1, 0.15) is 36.4 Å². The molecule has 4 nitrogen and oxygen atoms in total. The Bertz CT molecular complexity index is 566. The van der Waals surface area contributed by atoms with Gasteiger partial charge in [-0.2, -0.15) is 5.10 Å². The number of aromatic nitrogens is 3. The van der Waals surface area contributed by atoms with E-state index in [-0.39, 0.29) is 6.04 Å². The van der Waals surface area contributed by atoms with Crippen molar-refractivity contribution in [2.75, 3.05) is 0 Å². The van der Waals surface area contributed by atoms with E-state index in [0.717, 1.165) is 25.2 Å². The van der Waals surface area contributed by atoms with Gasteiger partial charge in [0.15, 0.2) is 0 Å². The van der Waals surface area contributed by atoms with Crippen LogP contribution in [0.5, 0.6) is 0 Å². The quantitative estimate of drug-likeness (QED) is 0.888. The molecule has 2 aromatic rings. The van der Waals surface area contributed by atoms with Gasteiger partial charge < -0.3 is 5.73 Å². The number of benzene rings is 1. The molecule has 1 atom stereocenters. The van der Waals surface area contributed by atoms with E-state index < -0.39 is 0 Å². The fraction of sp³-hybridized carbons (Fsp3) is 0.529. The predicted molar refractivity (Wildman–Crippen MR) is 86.2 cm³/mol. The third-order valence-electron chi connectivity index (χ3n) is 3.46. The van der Waals surface area contributed by atoms with Crippen LogP contribution in [-0.2, 0) is 19.4 Å². The number of nitrogens with two attached hydrogens (primary N) is 1. The molecule has 114 valence electrons. The first kappa shape index (κ1) is 15.7. The number of nitrogens with zero attached hydrogens (tertiary/aromatic N) is 3. The summed E-state index contributed by atoms with van der Waals surface area (Å²) < 4.78 is 1.98. The fourth-order valence-electron chi connectivity index (χ4n) is 2.74. The average Bonchev–Trinajstić information content (AvgIpc) is 2.73. The summed E-state index contributed by atoms with van der Waals surface area (Å²) in [6.45, 7) is 9.51. The van der Waals surface area contributed by atoms with Crippen LogP contribution in [0, 0.1) is 19.8 Å². The maximum Gasteiger partial charge on any atom is 0.138 e. The highest BCUT2D eigenvalue weighted by atomic mass is 15.3. The molecule has 0 radical (unpaired) electrons. The van der Waals surface area contributed by atoms with Gasteiger partial charge in [-0.05, 0) is 31.7 Å². The minimum absolute atomic E-state index is 0.0707. The van der Waals surface area contributed by atoms with Crippen molar-refractivity contribution in [3.05, 3.63) is 47.0 Å². The Morgan fingerprint density at radius 3 is 2.38 bits per heavy atom. The Hall–Kier alpha value is -1.68. The lowest BCUT2D eigenvalue weighted by Crippen LogP contribution is -2.27. The number of hydrogen-bond acceptors (Lipinski definition) is 3. The SMILES string of the molecule is Cc1cc(C)cc(CC(N)Cc2ncnn2CC(C)C)c1. The summed E-state index contributed by atoms with van der Waals surface area (Å²) in [6.07, 6.45) is 3.26. The van der Waals surface area contributed by atoms with Crippen molar-refractivity contribution in [1.29, 1.82) is 0 Å². The zero-order chi connectivity index (χ0) is 15.4. The normalized spacial score (nSPS) is 12.9. The zero-order valence-corrected chi connectivity index (χ0v) is 13.5. The topological polar surface area (TPSA) is 56.7 Å². The van der Waals surface area contributed by atoms with E-state index >= 15 is 0 Å². The van der Waals surface area contributed by atoms with Crippen molar-refractivity contribution >= 4 is 0 Å². The molecule has 1 heterocycles. The van der Waals surface area contributed by atoms with Crippen LogP contribution in [-0.4, -0.2) is 20.8 Å². The molecule has 1 unspecified atom stereocenters. The molecule has 1 aromatic carbocycles. The summed E-state index contributed by atoms with van der Waals surface area (Å²) >= 11 is 0. The Morgan fingerprint density at radius 1 is 1.10 bits per heavy atom. The van der Waals surface area contributed by atoms with Gasteiger partial charge in [0.05, 0.1) is 0 Å². The summed E-state index contributed by atoms with van der Waals surface area (Å²) in [4.78, 5) is 4.36. The lowest BCUT2D eigenvalue weighted by molar-refractivity contribution is 0.457. The van der Waals surface area contributed by atoms with E-state index in [9.17, 15) is 0 Å². The molecule has 21 heavy (non-hydrogen) atoms. The summed E-state index contributed by atoms with van der Waals surface area (Å²) in [5.41, 5.74) is 10.2. The first-order valence-corrected chi connectivity index (χ1v) is 7.63. The maximum atomic E-state index is 6.32. The fourth-order valence-corrected chi connectivity index (χ4v) is 2.74. The van der Waals surface area contributed by atoms with E-state index in [1.165, 1.54) is 16.7 Å². The van der Waals surface area contributed by atoms with Gasteiger partial charge in [-0.1, -0.05) is 43.2 Å². The molecule has 4 heteroatoms. The number of aryl methyl sites for hydroxylation is 2. The molecule has 0 aliphatic rings. The van der Waals surface area contributed by atoms with Crippen molar-refractivity contribution in [2.45, 2.75) is 53.1 Å². The highest BCUT2D eigenvalue weighted by Crippen LogP contribution is 2.12. The molecule has 0 spiro atoms. The van der Waals surface area contributed by atoms with Gasteiger partial charge in [-0.15, -0.1) is 0 Å². The molecular formula is C17H26N4.